The van der Waals surface area contributed by atoms with Crippen LogP contribution in [0.3, 0.4) is 0 Å². The number of quaternary nitrogens is 1. The number of non-ortho nitro benzene ring substituents is 1. The molecule has 0 bridgehead atoms. The van der Waals surface area contributed by atoms with Crippen LogP contribution in [0.5, 0.6) is 5.75 Å². The molecule has 0 N–H and O–H groups in total. The van der Waals surface area contributed by atoms with Crippen LogP contribution in [0.4, 0.5) is 17.1 Å². The number of hydrogen-bond donors (Lipinski definition) is 0. The molecule has 0 amide bonds. The summed E-state index contributed by atoms with van der Waals surface area (Å²) in [4.78, 5) is 16.4. The first-order chi connectivity index (χ1) is 20.5. The quantitative estimate of drug-likeness (QED) is 0.106. The molecule has 0 spiro atoms. The van der Waals surface area contributed by atoms with E-state index in [0.29, 0.717) is 11.3 Å². The molecule has 0 aromatic heterocycles. The van der Waals surface area contributed by atoms with Gasteiger partial charge in [0.2, 0.25) is 0 Å². The molecule has 44 heavy (non-hydrogen) atoms. The third kappa shape index (κ3) is 7.47. The molecule has 3 aromatic rings. The van der Waals surface area contributed by atoms with Crippen molar-refractivity contribution in [1.29, 1.82) is 0 Å². The first-order valence-corrected chi connectivity index (χ1v) is 19.1. The number of benzene rings is 3. The van der Waals surface area contributed by atoms with Gasteiger partial charge in [0, 0.05) is 0 Å². The Morgan fingerprint density at radius 2 is 1.48 bits per heavy atom. The Labute approximate surface area is 271 Å². The second-order valence-corrected chi connectivity index (χ2v) is 17.5. The number of hydrogen-bond acceptors (Lipinski definition) is 5. The zero-order valence-electron chi connectivity index (χ0n) is 27.9. The summed E-state index contributed by atoms with van der Waals surface area (Å²) in [5, 5.41) is 11.8. The van der Waals surface area contributed by atoms with Crippen LogP contribution in [0.15, 0.2) is 42.5 Å². The third-order valence-corrected chi connectivity index (χ3v) is 11.4. The van der Waals surface area contributed by atoms with Crippen LogP contribution in [0.2, 0.25) is 0 Å². The van der Waals surface area contributed by atoms with Gasteiger partial charge in [0.15, 0.2) is 0 Å². The number of nitro groups is 1. The van der Waals surface area contributed by atoms with Crippen LogP contribution in [0.1, 0.15) is 52.8 Å². The van der Waals surface area contributed by atoms with Gasteiger partial charge >= 0.3 is 273 Å². The molecule has 1 aliphatic rings. The Balaban J connectivity index is 2.12. The molecule has 0 aliphatic carbocycles. The molecule has 1 heterocycles. The summed E-state index contributed by atoms with van der Waals surface area (Å²) in [6.45, 7) is 18.6. The number of likely N-dealkylation sites (N-methyl/N-ethyl adjacent to an activating group) is 1. The second-order valence-electron chi connectivity index (χ2n) is 13.4. The Bertz CT molecular complexity index is 1640. The molecule has 7 nitrogen and oxygen atoms in total. The van der Waals surface area contributed by atoms with Gasteiger partial charge in [0.05, 0.1) is 0 Å². The SMILES string of the molecule is Cc1cc(C)c(N2CC(C[N+](C)(C)C)N(c3c(C)cc(C)cc3C)/[C]2=[Ru-3](\[Cl])=[CH]\c2cc([N+](=O)[O-])ccc2OC(C)C)c(C)c1. The van der Waals surface area contributed by atoms with Crippen molar-refractivity contribution in [1.82, 2.24) is 0 Å². The normalized spacial score (nSPS) is 17.5. The number of halogens is 1. The summed E-state index contributed by atoms with van der Waals surface area (Å²) < 4.78 is 10.1. The maximum atomic E-state index is 11.8. The van der Waals surface area contributed by atoms with Crippen molar-refractivity contribution in [3.8, 4) is 5.75 Å². The number of rotatable bonds is 8. The zero-order valence-corrected chi connectivity index (χ0v) is 30.4. The van der Waals surface area contributed by atoms with Crippen molar-refractivity contribution in [2.75, 3.05) is 44.0 Å². The Hall–Kier alpha value is -2.93. The molecule has 4 rings (SSSR count). The fraction of sp³-hybridized carbons (Fsp3) is 0.429. The number of anilines is 2. The van der Waals surface area contributed by atoms with Crippen LogP contribution in [0, 0.1) is 51.7 Å². The molecule has 0 radical (unpaired) electrons. The van der Waals surface area contributed by atoms with Crippen LogP contribution >= 0.6 is 9.69 Å². The topological polar surface area (TPSA) is 58.9 Å². The van der Waals surface area contributed by atoms with Crippen LogP contribution in [-0.4, -0.2) is 64.7 Å². The fourth-order valence-corrected chi connectivity index (χ4v) is 10.5. The van der Waals surface area contributed by atoms with Crippen molar-refractivity contribution < 1.29 is 28.2 Å². The second kappa shape index (κ2) is 13.2. The Kier molecular flexibility index (Phi) is 10.2. The van der Waals surface area contributed by atoms with E-state index in [-0.39, 0.29) is 22.8 Å². The van der Waals surface area contributed by atoms with E-state index >= 15 is 0 Å². The summed E-state index contributed by atoms with van der Waals surface area (Å²) in [5.74, 6) is 0.606. The van der Waals surface area contributed by atoms with Crippen molar-refractivity contribution in [2.24, 2.45) is 0 Å². The molecule has 1 aliphatic heterocycles. The molecule has 242 valence electrons. The van der Waals surface area contributed by atoms with Gasteiger partial charge in [0.1, 0.15) is 0 Å². The standard InChI is InChI=1S/C25H36N3.C10H11NO3.ClH.Ru/c1-17-10-19(3)24(20(4)11-17)26-14-23(15-28(7,8)9)27(16-26)25-21(5)12-18(2)13-22(25)6;1-7(2)14-10-5-4-9(11(12)13)6-8(10)3;;/h10-13,23H,14-15H2,1-9H3;3-7H,1-2H3;1H;/q+1;;;-2/p-1. The van der Waals surface area contributed by atoms with E-state index in [1.54, 1.807) is 12.1 Å². The van der Waals surface area contributed by atoms with Crippen LogP contribution < -0.4 is 14.5 Å². The van der Waals surface area contributed by atoms with E-state index in [0.717, 1.165) is 21.9 Å². The first-order valence-electron chi connectivity index (χ1n) is 15.0. The van der Waals surface area contributed by atoms with Gasteiger partial charge in [-0.25, -0.2) is 0 Å². The van der Waals surface area contributed by atoms with E-state index in [1.807, 2.05) is 13.8 Å². The summed E-state index contributed by atoms with van der Waals surface area (Å²) in [6, 6.07) is 13.9. The molecule has 1 atom stereocenters. The van der Waals surface area contributed by atoms with Gasteiger partial charge in [0.25, 0.3) is 0 Å². The monoisotopic (exact) mass is 708 g/mol. The molecule has 1 saturated heterocycles. The Morgan fingerprint density at radius 1 is 0.955 bits per heavy atom. The number of nitrogens with zero attached hydrogens (tertiary/aromatic N) is 4. The van der Waals surface area contributed by atoms with Crippen molar-refractivity contribution >= 4 is 35.7 Å². The third-order valence-electron chi connectivity index (χ3n) is 7.63. The summed E-state index contributed by atoms with van der Waals surface area (Å²) in [7, 11) is 14.4. The zero-order chi connectivity index (χ0) is 32.7. The predicted octanol–water partition coefficient (Wildman–Crippen LogP) is 7.34. The van der Waals surface area contributed by atoms with Gasteiger partial charge < -0.3 is 0 Å². The average molecular weight is 708 g/mol. The average Bonchev–Trinajstić information content (AvgIpc) is 3.19. The van der Waals surface area contributed by atoms with Gasteiger partial charge in [-0.1, -0.05) is 0 Å². The fourth-order valence-electron chi connectivity index (χ4n) is 6.42. The summed E-state index contributed by atoms with van der Waals surface area (Å²) >= 11 is -2.53. The minimum absolute atomic E-state index is 0.0227. The van der Waals surface area contributed by atoms with E-state index in [2.05, 4.69) is 101 Å². The molecular weight excluding hydrogens is 661 g/mol. The van der Waals surface area contributed by atoms with Crippen molar-refractivity contribution in [3.63, 3.8) is 0 Å². The van der Waals surface area contributed by atoms with E-state index < -0.39 is 14.1 Å². The molecule has 9 heteroatoms. The minimum atomic E-state index is -2.53. The molecule has 3 aromatic carbocycles. The molecular formula is C35H47ClN4O3Ru-2. The Morgan fingerprint density at radius 3 is 1.95 bits per heavy atom. The van der Waals surface area contributed by atoms with Crippen molar-refractivity contribution in [3.05, 3.63) is 91.5 Å². The van der Waals surface area contributed by atoms with E-state index in [9.17, 15) is 10.1 Å². The molecule has 1 fully saturated rings. The predicted molar refractivity (Wildman–Crippen MR) is 183 cm³/mol. The first kappa shape index (κ1) is 34.0. The number of nitro benzene ring substituents is 1. The molecule has 1 unspecified atom stereocenters. The van der Waals surface area contributed by atoms with E-state index in [4.69, 9.17) is 14.4 Å². The van der Waals surface area contributed by atoms with Gasteiger partial charge in [-0.15, -0.1) is 0 Å². The van der Waals surface area contributed by atoms with Gasteiger partial charge in [-0.05, 0) is 0 Å². The van der Waals surface area contributed by atoms with Gasteiger partial charge in [-0.3, -0.25) is 0 Å². The number of aryl methyl sites for hydroxylation is 6. The van der Waals surface area contributed by atoms with Crippen LogP contribution in [0.25, 0.3) is 0 Å². The number of ether oxygens (including phenoxy) is 1. The van der Waals surface area contributed by atoms with E-state index in [1.165, 1.54) is 50.8 Å². The molecule has 0 saturated carbocycles. The van der Waals surface area contributed by atoms with Crippen LogP contribution in [-0.2, 0) is 14.1 Å². The summed E-state index contributed by atoms with van der Waals surface area (Å²) in [6.07, 6.45) is -0.0867. The maximum absolute atomic E-state index is 11.8. The van der Waals surface area contributed by atoms with Crippen molar-refractivity contribution in [2.45, 2.75) is 67.5 Å². The van der Waals surface area contributed by atoms with Gasteiger partial charge in [-0.2, -0.15) is 0 Å². The summed E-state index contributed by atoms with van der Waals surface area (Å²) in [5.41, 5.74) is 10.4.